The van der Waals surface area contributed by atoms with Gasteiger partial charge in [0.15, 0.2) is 0 Å². The molecule has 1 aliphatic carbocycles. The smallest absolute Gasteiger partial charge is 0.123 e. The highest BCUT2D eigenvalue weighted by Crippen LogP contribution is 2.49. The number of aliphatic hydroxyl groups excluding tert-OH is 1. The Morgan fingerprint density at radius 1 is 1.23 bits per heavy atom. The van der Waals surface area contributed by atoms with Crippen LogP contribution in [0.25, 0.3) is 0 Å². The minimum atomic E-state index is -0.963. The Labute approximate surface area is 75.0 Å². The van der Waals surface area contributed by atoms with E-state index >= 15 is 0 Å². The van der Waals surface area contributed by atoms with Crippen molar-refractivity contribution in [3.8, 4) is 0 Å². The second kappa shape index (κ2) is 3.07. The standard InChI is InChI=1S/C10H10F2O/c11-7-3-1-6(2-4-7)9-8(5-13)10(9)12/h1-4,8-10,13H,5H2/t8-,9-,10+/m1/s1. The Bertz CT molecular complexity index is 296. The summed E-state index contributed by atoms with van der Waals surface area (Å²) >= 11 is 0. The lowest BCUT2D eigenvalue weighted by atomic mass is 10.1. The summed E-state index contributed by atoms with van der Waals surface area (Å²) < 4.78 is 25.5. The summed E-state index contributed by atoms with van der Waals surface area (Å²) in [6, 6.07) is 5.77. The molecule has 1 aromatic rings. The normalized spacial score (nSPS) is 31.8. The van der Waals surface area contributed by atoms with Gasteiger partial charge >= 0.3 is 0 Å². The summed E-state index contributed by atoms with van der Waals surface area (Å²) in [4.78, 5) is 0. The maximum Gasteiger partial charge on any atom is 0.123 e. The van der Waals surface area contributed by atoms with Gasteiger partial charge in [-0.1, -0.05) is 12.1 Å². The van der Waals surface area contributed by atoms with Crippen LogP contribution in [0.3, 0.4) is 0 Å². The first-order chi connectivity index (χ1) is 6.24. The van der Waals surface area contributed by atoms with Crippen molar-refractivity contribution in [3.63, 3.8) is 0 Å². The van der Waals surface area contributed by atoms with Gasteiger partial charge in [-0.25, -0.2) is 8.78 Å². The maximum atomic E-state index is 13.0. The highest BCUT2D eigenvalue weighted by Gasteiger charge is 2.51. The lowest BCUT2D eigenvalue weighted by Crippen LogP contribution is -1.88. The molecule has 0 spiro atoms. The third-order valence-electron chi connectivity index (χ3n) is 2.54. The zero-order valence-corrected chi connectivity index (χ0v) is 6.95. The van der Waals surface area contributed by atoms with Crippen LogP contribution in [0.2, 0.25) is 0 Å². The van der Waals surface area contributed by atoms with E-state index in [4.69, 9.17) is 5.11 Å². The van der Waals surface area contributed by atoms with Gasteiger partial charge in [-0.15, -0.1) is 0 Å². The van der Waals surface area contributed by atoms with E-state index in [0.29, 0.717) is 0 Å². The molecule has 70 valence electrons. The highest BCUT2D eigenvalue weighted by molar-refractivity contribution is 5.29. The molecule has 0 radical (unpaired) electrons. The molecule has 1 aromatic carbocycles. The summed E-state index contributed by atoms with van der Waals surface area (Å²) in [7, 11) is 0. The number of halogens is 2. The van der Waals surface area contributed by atoms with Crippen LogP contribution < -0.4 is 0 Å². The highest BCUT2D eigenvalue weighted by atomic mass is 19.1. The van der Waals surface area contributed by atoms with Gasteiger partial charge in [-0.05, 0) is 17.7 Å². The first-order valence-corrected chi connectivity index (χ1v) is 4.24. The number of alkyl halides is 1. The predicted molar refractivity (Wildman–Crippen MR) is 44.6 cm³/mol. The number of hydrogen-bond acceptors (Lipinski definition) is 1. The SMILES string of the molecule is OC[C@H]1[C@H](F)[C@@H]1c1ccc(F)cc1. The summed E-state index contributed by atoms with van der Waals surface area (Å²) in [5, 5.41) is 8.75. The molecule has 0 aliphatic heterocycles. The average molecular weight is 184 g/mol. The summed E-state index contributed by atoms with van der Waals surface area (Å²) in [5.41, 5.74) is 0.771. The molecule has 0 heterocycles. The zero-order chi connectivity index (χ0) is 9.42. The molecule has 1 N–H and O–H groups in total. The summed E-state index contributed by atoms with van der Waals surface area (Å²) in [5.74, 6) is -0.837. The minimum absolute atomic E-state index is 0.136. The predicted octanol–water partition coefficient (Wildman–Crippen LogP) is 1.87. The van der Waals surface area contributed by atoms with Crippen LogP contribution in [0, 0.1) is 11.7 Å². The van der Waals surface area contributed by atoms with Gasteiger partial charge in [0.1, 0.15) is 12.0 Å². The van der Waals surface area contributed by atoms with Crippen molar-refractivity contribution in [2.75, 3.05) is 6.61 Å². The Morgan fingerprint density at radius 2 is 1.85 bits per heavy atom. The van der Waals surface area contributed by atoms with Crippen molar-refractivity contribution < 1.29 is 13.9 Å². The molecular weight excluding hydrogens is 174 g/mol. The number of hydrogen-bond donors (Lipinski definition) is 1. The zero-order valence-electron chi connectivity index (χ0n) is 6.95. The molecule has 0 aromatic heterocycles. The van der Waals surface area contributed by atoms with E-state index in [0.717, 1.165) is 5.56 Å². The Balaban J connectivity index is 2.15. The molecule has 2 rings (SSSR count). The molecule has 0 saturated heterocycles. The maximum absolute atomic E-state index is 13.0. The largest absolute Gasteiger partial charge is 0.396 e. The fourth-order valence-electron chi connectivity index (χ4n) is 1.66. The van der Waals surface area contributed by atoms with Crippen LogP contribution in [0.1, 0.15) is 11.5 Å². The van der Waals surface area contributed by atoms with Crippen molar-refractivity contribution in [3.05, 3.63) is 35.6 Å². The van der Waals surface area contributed by atoms with Gasteiger partial charge < -0.3 is 5.11 Å². The van der Waals surface area contributed by atoms with E-state index < -0.39 is 6.17 Å². The molecule has 1 aliphatic rings. The van der Waals surface area contributed by atoms with Gasteiger partial charge in [-0.3, -0.25) is 0 Å². The van der Waals surface area contributed by atoms with Crippen LogP contribution in [0.5, 0.6) is 0 Å². The van der Waals surface area contributed by atoms with Crippen molar-refractivity contribution in [1.29, 1.82) is 0 Å². The number of benzene rings is 1. The first-order valence-electron chi connectivity index (χ1n) is 4.24. The van der Waals surface area contributed by atoms with E-state index in [1.165, 1.54) is 12.1 Å². The third kappa shape index (κ3) is 1.44. The molecule has 3 heteroatoms. The van der Waals surface area contributed by atoms with Crippen molar-refractivity contribution in [2.24, 2.45) is 5.92 Å². The van der Waals surface area contributed by atoms with Crippen molar-refractivity contribution in [2.45, 2.75) is 12.1 Å². The van der Waals surface area contributed by atoms with Gasteiger partial charge in [0.05, 0.1) is 0 Å². The number of aliphatic hydroxyl groups is 1. The quantitative estimate of drug-likeness (QED) is 0.743. The van der Waals surface area contributed by atoms with Crippen LogP contribution >= 0.6 is 0 Å². The minimum Gasteiger partial charge on any atom is -0.396 e. The Morgan fingerprint density at radius 3 is 2.31 bits per heavy atom. The fraction of sp³-hybridized carbons (Fsp3) is 0.400. The Hall–Kier alpha value is -0.960. The summed E-state index contributed by atoms with van der Waals surface area (Å²) in [6.07, 6.45) is -0.963. The molecule has 0 bridgehead atoms. The molecule has 3 atom stereocenters. The van der Waals surface area contributed by atoms with E-state index in [2.05, 4.69) is 0 Å². The van der Waals surface area contributed by atoms with Crippen LogP contribution in [0.4, 0.5) is 8.78 Å². The molecule has 1 fully saturated rings. The van der Waals surface area contributed by atoms with E-state index in [1.54, 1.807) is 12.1 Å². The molecule has 0 unspecified atom stereocenters. The van der Waals surface area contributed by atoms with E-state index in [-0.39, 0.29) is 24.3 Å². The molecule has 13 heavy (non-hydrogen) atoms. The van der Waals surface area contributed by atoms with Crippen LogP contribution in [-0.2, 0) is 0 Å². The lowest BCUT2D eigenvalue weighted by molar-refractivity contribution is 0.257. The number of rotatable bonds is 2. The second-order valence-corrected chi connectivity index (χ2v) is 3.37. The topological polar surface area (TPSA) is 20.2 Å². The third-order valence-corrected chi connectivity index (χ3v) is 2.54. The van der Waals surface area contributed by atoms with E-state index in [9.17, 15) is 8.78 Å². The summed E-state index contributed by atoms with van der Waals surface area (Å²) in [6.45, 7) is -0.136. The molecular formula is C10H10F2O. The first kappa shape index (κ1) is 8.63. The van der Waals surface area contributed by atoms with E-state index in [1.807, 2.05) is 0 Å². The lowest BCUT2D eigenvalue weighted by Gasteiger charge is -1.96. The van der Waals surface area contributed by atoms with Gasteiger partial charge in [0.25, 0.3) is 0 Å². The van der Waals surface area contributed by atoms with Crippen LogP contribution in [-0.4, -0.2) is 17.9 Å². The second-order valence-electron chi connectivity index (χ2n) is 3.37. The molecule has 0 amide bonds. The Kier molecular flexibility index (Phi) is 2.04. The molecule has 1 nitrogen and oxygen atoms in total. The van der Waals surface area contributed by atoms with Crippen LogP contribution in [0.15, 0.2) is 24.3 Å². The van der Waals surface area contributed by atoms with Crippen molar-refractivity contribution in [1.82, 2.24) is 0 Å². The molecule has 1 saturated carbocycles. The average Bonchev–Trinajstić information content (AvgIpc) is 2.78. The van der Waals surface area contributed by atoms with Gasteiger partial charge in [0.2, 0.25) is 0 Å². The fourth-order valence-corrected chi connectivity index (χ4v) is 1.66. The van der Waals surface area contributed by atoms with Gasteiger partial charge in [0, 0.05) is 18.4 Å². The van der Waals surface area contributed by atoms with Gasteiger partial charge in [-0.2, -0.15) is 0 Å². The van der Waals surface area contributed by atoms with Crippen molar-refractivity contribution >= 4 is 0 Å². The monoisotopic (exact) mass is 184 g/mol.